The van der Waals surface area contributed by atoms with Gasteiger partial charge in [0.1, 0.15) is 0 Å². The van der Waals surface area contributed by atoms with Crippen molar-refractivity contribution in [3.63, 3.8) is 0 Å². The molecule has 1 heterocycles. The predicted molar refractivity (Wildman–Crippen MR) is 109 cm³/mol. The summed E-state index contributed by atoms with van der Waals surface area (Å²) < 4.78 is 44.2. The molecular weight excluding hydrogens is 407 g/mol. The van der Waals surface area contributed by atoms with Crippen molar-refractivity contribution < 1.29 is 22.5 Å². The average Bonchev–Trinajstić information content (AvgIpc) is 3.23. The molecule has 31 heavy (non-hydrogen) atoms. The van der Waals surface area contributed by atoms with Crippen molar-refractivity contribution in [2.45, 2.75) is 13.1 Å². The van der Waals surface area contributed by atoms with E-state index >= 15 is 0 Å². The van der Waals surface area contributed by atoms with Crippen LogP contribution in [-0.4, -0.2) is 16.0 Å². The second-order valence-corrected chi connectivity index (χ2v) is 6.82. The summed E-state index contributed by atoms with van der Waals surface area (Å²) in [6.07, 6.45) is -4.51. The van der Waals surface area contributed by atoms with Gasteiger partial charge in [0.05, 0.1) is 16.7 Å². The molecule has 0 fully saturated rings. The average molecular weight is 423 g/mol. The Labute approximate surface area is 175 Å². The fourth-order valence-electron chi connectivity index (χ4n) is 3.11. The standard InChI is InChI=1S/C23H16F3N3O2/c1-14-7-2-3-10-17(14)20-28-22(31-29-20)19-12-5-4-11-18(19)21(30)27-16-9-6-8-15(13-16)23(24,25)26/h2-13H,1H3,(H,27,30). The maximum atomic E-state index is 12.9. The van der Waals surface area contributed by atoms with E-state index in [0.717, 1.165) is 23.3 Å². The van der Waals surface area contributed by atoms with Gasteiger partial charge >= 0.3 is 6.18 Å². The zero-order valence-corrected chi connectivity index (χ0v) is 16.3. The Hall–Kier alpha value is -3.94. The summed E-state index contributed by atoms with van der Waals surface area (Å²) in [5.74, 6) is -0.0835. The Morgan fingerprint density at radius 1 is 0.935 bits per heavy atom. The van der Waals surface area contributed by atoms with Gasteiger partial charge in [0, 0.05) is 11.3 Å². The third-order valence-corrected chi connectivity index (χ3v) is 4.66. The SMILES string of the molecule is Cc1ccccc1-c1noc(-c2ccccc2C(=O)Nc2cccc(C(F)(F)F)c2)n1. The van der Waals surface area contributed by atoms with Crippen molar-refractivity contribution in [1.29, 1.82) is 0 Å². The summed E-state index contributed by atoms with van der Waals surface area (Å²) in [4.78, 5) is 17.2. The molecule has 1 aromatic heterocycles. The number of anilines is 1. The first kappa shape index (κ1) is 20.3. The Balaban J connectivity index is 1.64. The number of aromatic nitrogens is 2. The topological polar surface area (TPSA) is 68.0 Å². The number of aryl methyl sites for hydroxylation is 1. The molecule has 1 N–H and O–H groups in total. The molecule has 0 aliphatic carbocycles. The Bertz CT molecular complexity index is 1250. The molecule has 0 radical (unpaired) electrons. The molecule has 1 amide bonds. The first-order valence-corrected chi connectivity index (χ1v) is 9.30. The van der Waals surface area contributed by atoms with E-state index in [2.05, 4.69) is 15.5 Å². The molecule has 5 nitrogen and oxygen atoms in total. The molecule has 3 aromatic carbocycles. The summed E-state index contributed by atoms with van der Waals surface area (Å²) in [6.45, 7) is 1.92. The molecule has 0 bridgehead atoms. The Kier molecular flexibility index (Phi) is 5.29. The van der Waals surface area contributed by atoms with Crippen molar-refractivity contribution in [2.75, 3.05) is 5.32 Å². The van der Waals surface area contributed by atoms with Crippen LogP contribution >= 0.6 is 0 Å². The molecule has 0 spiro atoms. The van der Waals surface area contributed by atoms with E-state index in [1.807, 2.05) is 31.2 Å². The van der Waals surface area contributed by atoms with E-state index < -0.39 is 17.6 Å². The van der Waals surface area contributed by atoms with Crippen LogP contribution in [0.15, 0.2) is 77.3 Å². The fourth-order valence-corrected chi connectivity index (χ4v) is 3.11. The zero-order valence-electron chi connectivity index (χ0n) is 16.3. The predicted octanol–water partition coefficient (Wildman–Crippen LogP) is 5.98. The number of hydrogen-bond acceptors (Lipinski definition) is 4. The minimum absolute atomic E-state index is 0.0285. The minimum atomic E-state index is -4.51. The van der Waals surface area contributed by atoms with Crippen LogP contribution in [0.1, 0.15) is 21.5 Å². The fraction of sp³-hybridized carbons (Fsp3) is 0.0870. The van der Waals surface area contributed by atoms with Crippen molar-refractivity contribution in [3.05, 3.63) is 89.5 Å². The van der Waals surface area contributed by atoms with E-state index in [0.29, 0.717) is 11.4 Å². The number of nitrogens with one attached hydrogen (secondary N) is 1. The quantitative estimate of drug-likeness (QED) is 0.438. The number of hydrogen-bond donors (Lipinski definition) is 1. The van der Waals surface area contributed by atoms with Crippen LogP contribution in [0, 0.1) is 6.92 Å². The van der Waals surface area contributed by atoms with Crippen LogP contribution in [0.3, 0.4) is 0 Å². The van der Waals surface area contributed by atoms with Crippen LogP contribution < -0.4 is 5.32 Å². The van der Waals surface area contributed by atoms with Gasteiger partial charge in [-0.1, -0.05) is 47.6 Å². The summed E-state index contributed by atoms with van der Waals surface area (Å²) in [6, 6.07) is 18.5. The lowest BCUT2D eigenvalue weighted by molar-refractivity contribution is -0.137. The molecule has 156 valence electrons. The maximum Gasteiger partial charge on any atom is 0.416 e. The number of halogens is 3. The zero-order chi connectivity index (χ0) is 22.0. The summed E-state index contributed by atoms with van der Waals surface area (Å²) >= 11 is 0. The molecule has 0 unspecified atom stereocenters. The van der Waals surface area contributed by atoms with Gasteiger partial charge in [-0.3, -0.25) is 4.79 Å². The molecule has 0 saturated heterocycles. The van der Waals surface area contributed by atoms with Gasteiger partial charge in [-0.2, -0.15) is 18.2 Å². The number of benzene rings is 3. The van der Waals surface area contributed by atoms with E-state index in [1.54, 1.807) is 18.2 Å². The first-order chi connectivity index (χ1) is 14.8. The third-order valence-electron chi connectivity index (χ3n) is 4.66. The highest BCUT2D eigenvalue weighted by Gasteiger charge is 2.30. The summed E-state index contributed by atoms with van der Waals surface area (Å²) in [5, 5.41) is 6.50. The Morgan fingerprint density at radius 2 is 1.65 bits per heavy atom. The highest BCUT2D eigenvalue weighted by Crippen LogP contribution is 2.31. The second kappa shape index (κ2) is 8.06. The highest BCUT2D eigenvalue weighted by atomic mass is 19.4. The van der Waals surface area contributed by atoms with Crippen LogP contribution in [0.2, 0.25) is 0 Å². The van der Waals surface area contributed by atoms with Gasteiger partial charge in [0.25, 0.3) is 11.8 Å². The van der Waals surface area contributed by atoms with E-state index in [1.165, 1.54) is 18.2 Å². The molecule has 8 heteroatoms. The van der Waals surface area contributed by atoms with Gasteiger partial charge in [-0.25, -0.2) is 0 Å². The number of nitrogens with zero attached hydrogens (tertiary/aromatic N) is 2. The minimum Gasteiger partial charge on any atom is -0.334 e. The second-order valence-electron chi connectivity index (χ2n) is 6.82. The van der Waals surface area contributed by atoms with Crippen molar-refractivity contribution >= 4 is 11.6 Å². The highest BCUT2D eigenvalue weighted by molar-refractivity contribution is 6.08. The van der Waals surface area contributed by atoms with Crippen LogP contribution in [0.25, 0.3) is 22.8 Å². The first-order valence-electron chi connectivity index (χ1n) is 9.30. The largest absolute Gasteiger partial charge is 0.416 e. The normalized spacial score (nSPS) is 11.4. The molecule has 0 aliphatic rings. The molecule has 0 saturated carbocycles. The number of amides is 1. The number of rotatable bonds is 4. The van der Waals surface area contributed by atoms with Gasteiger partial charge in [0.15, 0.2) is 0 Å². The molecule has 0 atom stereocenters. The summed E-state index contributed by atoms with van der Waals surface area (Å²) in [5.41, 5.74) is 1.51. The number of carbonyl (C=O) groups excluding carboxylic acids is 1. The lowest BCUT2D eigenvalue weighted by atomic mass is 10.1. The lowest BCUT2D eigenvalue weighted by Crippen LogP contribution is -2.14. The van der Waals surface area contributed by atoms with Crippen LogP contribution in [-0.2, 0) is 6.18 Å². The van der Waals surface area contributed by atoms with E-state index in [-0.39, 0.29) is 17.1 Å². The van der Waals surface area contributed by atoms with Gasteiger partial charge < -0.3 is 9.84 Å². The summed E-state index contributed by atoms with van der Waals surface area (Å²) in [7, 11) is 0. The number of carbonyl (C=O) groups is 1. The Morgan fingerprint density at radius 3 is 2.39 bits per heavy atom. The molecule has 4 aromatic rings. The van der Waals surface area contributed by atoms with Crippen molar-refractivity contribution in [2.24, 2.45) is 0 Å². The van der Waals surface area contributed by atoms with Crippen LogP contribution in [0.5, 0.6) is 0 Å². The maximum absolute atomic E-state index is 12.9. The molecule has 0 aliphatic heterocycles. The third kappa shape index (κ3) is 4.32. The number of alkyl halides is 3. The molecular formula is C23H16F3N3O2. The van der Waals surface area contributed by atoms with Gasteiger partial charge in [-0.15, -0.1) is 0 Å². The van der Waals surface area contributed by atoms with E-state index in [9.17, 15) is 18.0 Å². The van der Waals surface area contributed by atoms with Gasteiger partial charge in [0.2, 0.25) is 5.82 Å². The molecule has 4 rings (SSSR count). The van der Waals surface area contributed by atoms with E-state index in [4.69, 9.17) is 4.52 Å². The smallest absolute Gasteiger partial charge is 0.334 e. The monoisotopic (exact) mass is 423 g/mol. The van der Waals surface area contributed by atoms with Crippen LogP contribution in [0.4, 0.5) is 18.9 Å². The van der Waals surface area contributed by atoms with Gasteiger partial charge in [-0.05, 0) is 42.8 Å². The lowest BCUT2D eigenvalue weighted by Gasteiger charge is -2.11. The van der Waals surface area contributed by atoms with Crippen molar-refractivity contribution in [3.8, 4) is 22.8 Å². The van der Waals surface area contributed by atoms with Crippen molar-refractivity contribution in [1.82, 2.24) is 10.1 Å².